The molecule has 1 rings (SSSR count). The van der Waals surface area contributed by atoms with Crippen molar-refractivity contribution in [3.8, 4) is 5.75 Å². The molecular formula is C16H24O2. The van der Waals surface area contributed by atoms with Crippen LogP contribution < -0.4 is 4.74 Å². The maximum atomic E-state index is 9.41. The molecule has 2 nitrogen and oxygen atoms in total. The lowest BCUT2D eigenvalue weighted by atomic mass is 10.1. The lowest BCUT2D eigenvalue weighted by Crippen LogP contribution is -2.00. The minimum absolute atomic E-state index is 0.394. The van der Waals surface area contributed by atoms with E-state index in [0.717, 1.165) is 29.9 Å². The molecule has 0 saturated carbocycles. The van der Waals surface area contributed by atoms with Crippen LogP contribution in [0.15, 0.2) is 29.8 Å². The molecule has 1 aromatic carbocycles. The van der Waals surface area contributed by atoms with Crippen molar-refractivity contribution in [3.05, 3.63) is 35.4 Å². The number of benzene rings is 1. The van der Waals surface area contributed by atoms with Crippen molar-refractivity contribution < 1.29 is 9.84 Å². The molecule has 0 aliphatic heterocycles. The van der Waals surface area contributed by atoms with Crippen LogP contribution in [0.3, 0.4) is 0 Å². The standard InChI is InChI=1S/C16H24O2/c1-4-5-6-11-18-16-9-7-15(8-10-16)12-13(2)14(3)17/h7-10,12,14,17H,4-6,11H2,1-3H3/b13-12-. The van der Waals surface area contributed by atoms with Crippen molar-refractivity contribution in [1.82, 2.24) is 0 Å². The number of aliphatic hydroxyl groups excluding tert-OH is 1. The molecule has 1 aromatic rings. The van der Waals surface area contributed by atoms with Gasteiger partial charge in [-0.1, -0.05) is 38.0 Å². The molecule has 0 aromatic heterocycles. The Morgan fingerprint density at radius 2 is 1.94 bits per heavy atom. The first-order chi connectivity index (χ1) is 8.63. The summed E-state index contributed by atoms with van der Waals surface area (Å²) in [5, 5.41) is 9.41. The van der Waals surface area contributed by atoms with Crippen LogP contribution in [0.5, 0.6) is 5.75 Å². The summed E-state index contributed by atoms with van der Waals surface area (Å²) >= 11 is 0. The molecule has 1 atom stereocenters. The van der Waals surface area contributed by atoms with Crippen molar-refractivity contribution in [2.75, 3.05) is 6.61 Å². The molecule has 100 valence electrons. The summed E-state index contributed by atoms with van der Waals surface area (Å²) in [6.45, 7) is 6.68. The third-order valence-electron chi connectivity index (χ3n) is 2.95. The second kappa shape index (κ2) is 7.93. The highest BCUT2D eigenvalue weighted by Gasteiger charge is 1.99. The molecule has 2 heteroatoms. The van der Waals surface area contributed by atoms with Crippen LogP contribution >= 0.6 is 0 Å². The van der Waals surface area contributed by atoms with Gasteiger partial charge in [0.15, 0.2) is 0 Å². The highest BCUT2D eigenvalue weighted by atomic mass is 16.5. The van der Waals surface area contributed by atoms with Gasteiger partial charge < -0.3 is 9.84 Å². The van der Waals surface area contributed by atoms with Gasteiger partial charge in [0.05, 0.1) is 12.7 Å². The average molecular weight is 248 g/mol. The van der Waals surface area contributed by atoms with E-state index >= 15 is 0 Å². The molecule has 0 aliphatic carbocycles. The van der Waals surface area contributed by atoms with Crippen molar-refractivity contribution >= 4 is 6.08 Å². The Hall–Kier alpha value is -1.28. The van der Waals surface area contributed by atoms with E-state index in [1.807, 2.05) is 37.3 Å². The van der Waals surface area contributed by atoms with E-state index in [1.54, 1.807) is 6.92 Å². The average Bonchev–Trinajstić information content (AvgIpc) is 2.36. The molecule has 0 amide bonds. The molecular weight excluding hydrogens is 224 g/mol. The number of hydrogen-bond donors (Lipinski definition) is 1. The van der Waals surface area contributed by atoms with Crippen LogP contribution in [-0.2, 0) is 0 Å². The quantitative estimate of drug-likeness (QED) is 0.738. The Labute approximate surface area is 110 Å². The van der Waals surface area contributed by atoms with Gasteiger partial charge in [0.25, 0.3) is 0 Å². The zero-order chi connectivity index (χ0) is 13.4. The maximum Gasteiger partial charge on any atom is 0.119 e. The zero-order valence-electron chi connectivity index (χ0n) is 11.6. The van der Waals surface area contributed by atoms with E-state index in [1.165, 1.54) is 12.8 Å². The van der Waals surface area contributed by atoms with Gasteiger partial charge in [0.2, 0.25) is 0 Å². The fraction of sp³-hybridized carbons (Fsp3) is 0.500. The van der Waals surface area contributed by atoms with Gasteiger partial charge in [-0.2, -0.15) is 0 Å². The second-order valence-electron chi connectivity index (χ2n) is 4.69. The predicted molar refractivity (Wildman–Crippen MR) is 76.8 cm³/mol. The molecule has 0 spiro atoms. The lowest BCUT2D eigenvalue weighted by Gasteiger charge is -2.07. The first-order valence-corrected chi connectivity index (χ1v) is 6.72. The lowest BCUT2D eigenvalue weighted by molar-refractivity contribution is 0.232. The summed E-state index contributed by atoms with van der Waals surface area (Å²) in [5.41, 5.74) is 2.06. The third-order valence-corrected chi connectivity index (χ3v) is 2.95. The van der Waals surface area contributed by atoms with Crippen molar-refractivity contribution in [1.29, 1.82) is 0 Å². The summed E-state index contributed by atoms with van der Waals surface area (Å²) in [4.78, 5) is 0. The smallest absolute Gasteiger partial charge is 0.119 e. The fourth-order valence-corrected chi connectivity index (χ4v) is 1.59. The van der Waals surface area contributed by atoms with Crippen LogP contribution in [0.2, 0.25) is 0 Å². The van der Waals surface area contributed by atoms with Gasteiger partial charge >= 0.3 is 0 Å². The minimum atomic E-state index is -0.394. The Kier molecular flexibility index (Phi) is 6.51. The van der Waals surface area contributed by atoms with Gasteiger partial charge in [0.1, 0.15) is 5.75 Å². The van der Waals surface area contributed by atoms with E-state index in [9.17, 15) is 5.11 Å². The molecule has 1 unspecified atom stereocenters. The highest BCUT2D eigenvalue weighted by molar-refractivity contribution is 5.54. The number of hydrogen-bond acceptors (Lipinski definition) is 2. The van der Waals surface area contributed by atoms with E-state index in [-0.39, 0.29) is 0 Å². The highest BCUT2D eigenvalue weighted by Crippen LogP contribution is 2.16. The predicted octanol–water partition coefficient (Wildman–Crippen LogP) is 4.04. The number of aliphatic hydroxyl groups is 1. The topological polar surface area (TPSA) is 29.5 Å². The first kappa shape index (κ1) is 14.8. The first-order valence-electron chi connectivity index (χ1n) is 6.72. The van der Waals surface area contributed by atoms with Crippen LogP contribution in [0.25, 0.3) is 6.08 Å². The van der Waals surface area contributed by atoms with E-state index < -0.39 is 6.10 Å². The number of rotatable bonds is 7. The minimum Gasteiger partial charge on any atom is -0.494 e. The summed E-state index contributed by atoms with van der Waals surface area (Å²) < 4.78 is 5.65. The SMILES string of the molecule is CCCCCOc1ccc(/C=C(/C)C(C)O)cc1. The molecule has 0 fully saturated rings. The van der Waals surface area contributed by atoms with Crippen LogP contribution in [-0.4, -0.2) is 17.8 Å². The Balaban J connectivity index is 2.50. The molecule has 0 radical (unpaired) electrons. The van der Waals surface area contributed by atoms with E-state index in [0.29, 0.717) is 0 Å². The van der Waals surface area contributed by atoms with Gasteiger partial charge in [-0.05, 0) is 43.5 Å². The Morgan fingerprint density at radius 1 is 1.28 bits per heavy atom. The summed E-state index contributed by atoms with van der Waals surface area (Å²) in [6, 6.07) is 7.99. The maximum absolute atomic E-state index is 9.41. The van der Waals surface area contributed by atoms with Crippen LogP contribution in [0.4, 0.5) is 0 Å². The number of unbranched alkanes of at least 4 members (excludes halogenated alkanes) is 2. The Bertz CT molecular complexity index is 363. The molecule has 1 N–H and O–H groups in total. The van der Waals surface area contributed by atoms with Crippen molar-refractivity contribution in [2.24, 2.45) is 0 Å². The molecule has 0 saturated heterocycles. The van der Waals surface area contributed by atoms with Crippen molar-refractivity contribution in [3.63, 3.8) is 0 Å². The van der Waals surface area contributed by atoms with Crippen LogP contribution in [0, 0.1) is 0 Å². The molecule has 0 bridgehead atoms. The normalized spacial score (nSPS) is 13.4. The third kappa shape index (κ3) is 5.37. The van der Waals surface area contributed by atoms with E-state index in [2.05, 4.69) is 6.92 Å². The van der Waals surface area contributed by atoms with Gasteiger partial charge in [-0.3, -0.25) is 0 Å². The largest absolute Gasteiger partial charge is 0.494 e. The summed E-state index contributed by atoms with van der Waals surface area (Å²) in [7, 11) is 0. The fourth-order valence-electron chi connectivity index (χ4n) is 1.59. The summed E-state index contributed by atoms with van der Waals surface area (Å²) in [6.07, 6.45) is 5.14. The van der Waals surface area contributed by atoms with Gasteiger partial charge in [-0.25, -0.2) is 0 Å². The van der Waals surface area contributed by atoms with Crippen LogP contribution in [0.1, 0.15) is 45.6 Å². The molecule has 0 aliphatic rings. The Morgan fingerprint density at radius 3 is 2.50 bits per heavy atom. The molecule has 0 heterocycles. The monoisotopic (exact) mass is 248 g/mol. The second-order valence-corrected chi connectivity index (χ2v) is 4.69. The van der Waals surface area contributed by atoms with Gasteiger partial charge in [-0.15, -0.1) is 0 Å². The molecule has 18 heavy (non-hydrogen) atoms. The summed E-state index contributed by atoms with van der Waals surface area (Å²) in [5.74, 6) is 0.915. The van der Waals surface area contributed by atoms with Crippen molar-refractivity contribution in [2.45, 2.75) is 46.1 Å². The number of ether oxygens (including phenoxy) is 1. The van der Waals surface area contributed by atoms with E-state index in [4.69, 9.17) is 4.74 Å². The zero-order valence-corrected chi connectivity index (χ0v) is 11.6. The van der Waals surface area contributed by atoms with Gasteiger partial charge in [0, 0.05) is 0 Å².